The summed E-state index contributed by atoms with van der Waals surface area (Å²) in [6.07, 6.45) is 4.55. The molecule has 0 atom stereocenters. The molecule has 0 saturated carbocycles. The smallest absolute Gasteiger partial charge is 0.268 e. The lowest BCUT2D eigenvalue weighted by Crippen LogP contribution is -2.40. The number of nitrogens with zero attached hydrogens (tertiary/aromatic N) is 1. The van der Waals surface area contributed by atoms with Crippen molar-refractivity contribution >= 4 is 39.5 Å². The maximum Gasteiger partial charge on any atom is 0.269 e. The number of hydrogen-bond acceptors (Lipinski definition) is 4. The molecule has 0 radical (unpaired) electrons. The van der Waals surface area contributed by atoms with E-state index < -0.39 is 21.8 Å². The van der Waals surface area contributed by atoms with E-state index in [0.717, 1.165) is 24.0 Å². The number of sulfonamides is 1. The van der Waals surface area contributed by atoms with Crippen LogP contribution in [-0.4, -0.2) is 37.6 Å². The SMILES string of the molecule is Cc1ccc(/C=C/C(=O)NNC(=O)c2ccc(S(=O)(=O)N3CCCC3)cc2)cc1Cl. The first-order valence-corrected chi connectivity index (χ1v) is 11.2. The molecule has 0 spiro atoms. The maximum absolute atomic E-state index is 12.5. The number of hydrogen-bond donors (Lipinski definition) is 2. The van der Waals surface area contributed by atoms with Crippen LogP contribution >= 0.6 is 11.6 Å². The lowest BCUT2D eigenvalue weighted by atomic mass is 10.1. The van der Waals surface area contributed by atoms with Crippen molar-refractivity contribution in [2.45, 2.75) is 24.7 Å². The van der Waals surface area contributed by atoms with Crippen molar-refractivity contribution in [3.63, 3.8) is 0 Å². The van der Waals surface area contributed by atoms with Crippen LogP contribution in [-0.2, 0) is 14.8 Å². The molecule has 2 N–H and O–H groups in total. The Kier molecular flexibility index (Phi) is 6.91. The molecular weight excluding hydrogens is 426 g/mol. The molecule has 1 aliphatic heterocycles. The number of carbonyl (C=O) groups excluding carboxylic acids is 2. The second kappa shape index (κ2) is 9.42. The van der Waals surface area contributed by atoms with E-state index in [1.54, 1.807) is 12.1 Å². The van der Waals surface area contributed by atoms with E-state index in [1.807, 2.05) is 19.1 Å². The number of aryl methyl sites for hydroxylation is 1. The van der Waals surface area contributed by atoms with Gasteiger partial charge in [-0.2, -0.15) is 4.31 Å². The summed E-state index contributed by atoms with van der Waals surface area (Å²) in [6.45, 7) is 2.91. The van der Waals surface area contributed by atoms with Crippen LogP contribution in [0.4, 0.5) is 0 Å². The Balaban J connectivity index is 1.56. The van der Waals surface area contributed by atoms with Gasteiger partial charge in [0.25, 0.3) is 11.8 Å². The van der Waals surface area contributed by atoms with E-state index in [0.29, 0.717) is 18.1 Å². The van der Waals surface area contributed by atoms with Gasteiger partial charge in [0.2, 0.25) is 10.0 Å². The van der Waals surface area contributed by atoms with Crippen LogP contribution in [0.3, 0.4) is 0 Å². The third-order valence-electron chi connectivity index (χ3n) is 4.74. The molecule has 9 heteroatoms. The average Bonchev–Trinajstić information content (AvgIpc) is 3.29. The van der Waals surface area contributed by atoms with Crippen LogP contribution in [0.5, 0.6) is 0 Å². The van der Waals surface area contributed by atoms with Crippen LogP contribution in [0.15, 0.2) is 53.4 Å². The lowest BCUT2D eigenvalue weighted by molar-refractivity contribution is -0.117. The van der Waals surface area contributed by atoms with E-state index in [9.17, 15) is 18.0 Å². The van der Waals surface area contributed by atoms with Gasteiger partial charge in [0.05, 0.1) is 4.90 Å². The quantitative estimate of drug-likeness (QED) is 0.544. The van der Waals surface area contributed by atoms with Gasteiger partial charge in [-0.25, -0.2) is 8.42 Å². The van der Waals surface area contributed by atoms with Gasteiger partial charge in [-0.3, -0.25) is 20.4 Å². The molecule has 1 saturated heterocycles. The summed E-state index contributed by atoms with van der Waals surface area (Å²) in [4.78, 5) is 24.2. The molecule has 2 aromatic carbocycles. The van der Waals surface area contributed by atoms with Gasteiger partial charge < -0.3 is 0 Å². The van der Waals surface area contributed by atoms with Crippen molar-refractivity contribution in [2.75, 3.05) is 13.1 Å². The predicted octanol–water partition coefficient (Wildman–Crippen LogP) is 2.91. The normalized spacial score (nSPS) is 14.7. The Labute approximate surface area is 180 Å². The number of carbonyl (C=O) groups is 2. The van der Waals surface area contributed by atoms with Crippen molar-refractivity contribution < 1.29 is 18.0 Å². The van der Waals surface area contributed by atoms with Crippen LogP contribution in [0.2, 0.25) is 5.02 Å². The summed E-state index contributed by atoms with van der Waals surface area (Å²) in [7, 11) is -3.53. The highest BCUT2D eigenvalue weighted by Crippen LogP contribution is 2.21. The van der Waals surface area contributed by atoms with Crippen molar-refractivity contribution in [1.29, 1.82) is 0 Å². The van der Waals surface area contributed by atoms with E-state index in [4.69, 9.17) is 11.6 Å². The first-order chi connectivity index (χ1) is 14.3. The molecule has 0 bridgehead atoms. The van der Waals surface area contributed by atoms with Gasteiger partial charge in [0.15, 0.2) is 0 Å². The second-order valence-corrected chi connectivity index (χ2v) is 9.27. The van der Waals surface area contributed by atoms with Gasteiger partial charge in [-0.15, -0.1) is 0 Å². The average molecular weight is 448 g/mol. The van der Waals surface area contributed by atoms with Crippen LogP contribution in [0.1, 0.15) is 34.3 Å². The van der Waals surface area contributed by atoms with Gasteiger partial charge >= 0.3 is 0 Å². The number of amides is 2. The van der Waals surface area contributed by atoms with Crippen molar-refractivity contribution in [3.8, 4) is 0 Å². The van der Waals surface area contributed by atoms with E-state index in [1.165, 1.54) is 34.6 Å². The molecular formula is C21H22ClN3O4S. The number of rotatable bonds is 5. The highest BCUT2D eigenvalue weighted by Gasteiger charge is 2.27. The summed E-state index contributed by atoms with van der Waals surface area (Å²) in [5.41, 5.74) is 6.49. The molecule has 1 aliphatic rings. The number of halogens is 1. The molecule has 2 amide bonds. The minimum atomic E-state index is -3.53. The molecule has 0 aliphatic carbocycles. The number of hydrazine groups is 1. The van der Waals surface area contributed by atoms with Crippen LogP contribution < -0.4 is 10.9 Å². The molecule has 2 aromatic rings. The summed E-state index contributed by atoms with van der Waals surface area (Å²) in [5.74, 6) is -1.08. The maximum atomic E-state index is 12.5. The highest BCUT2D eigenvalue weighted by molar-refractivity contribution is 7.89. The zero-order valence-electron chi connectivity index (χ0n) is 16.4. The van der Waals surface area contributed by atoms with E-state index in [-0.39, 0.29) is 10.5 Å². The minimum Gasteiger partial charge on any atom is -0.268 e. The van der Waals surface area contributed by atoms with E-state index >= 15 is 0 Å². The third kappa shape index (κ3) is 5.27. The fourth-order valence-corrected chi connectivity index (χ4v) is 4.68. The van der Waals surface area contributed by atoms with Gasteiger partial charge in [-0.05, 0) is 67.3 Å². The summed E-state index contributed by atoms with van der Waals surface area (Å²) >= 11 is 6.04. The predicted molar refractivity (Wildman–Crippen MR) is 115 cm³/mol. The molecule has 1 fully saturated rings. The van der Waals surface area contributed by atoms with Gasteiger partial charge in [0, 0.05) is 29.8 Å². The largest absolute Gasteiger partial charge is 0.269 e. The Hall–Kier alpha value is -2.68. The number of nitrogens with one attached hydrogen (secondary N) is 2. The topological polar surface area (TPSA) is 95.6 Å². The Morgan fingerprint density at radius 3 is 2.33 bits per heavy atom. The molecule has 1 heterocycles. The van der Waals surface area contributed by atoms with Crippen molar-refractivity contribution in [1.82, 2.24) is 15.2 Å². The van der Waals surface area contributed by atoms with Crippen LogP contribution in [0, 0.1) is 6.92 Å². The fourth-order valence-electron chi connectivity index (χ4n) is 2.97. The summed E-state index contributed by atoms with van der Waals surface area (Å²) in [5, 5.41) is 0.598. The van der Waals surface area contributed by atoms with Crippen LogP contribution in [0.25, 0.3) is 6.08 Å². The Morgan fingerprint density at radius 2 is 1.70 bits per heavy atom. The van der Waals surface area contributed by atoms with E-state index in [2.05, 4.69) is 10.9 Å². The molecule has 30 heavy (non-hydrogen) atoms. The third-order valence-corrected chi connectivity index (χ3v) is 7.06. The lowest BCUT2D eigenvalue weighted by Gasteiger charge is -2.15. The summed E-state index contributed by atoms with van der Waals surface area (Å²) in [6, 6.07) is 11.0. The first kappa shape index (κ1) is 22.0. The molecule has 3 rings (SSSR count). The fraction of sp³-hybridized carbons (Fsp3) is 0.238. The summed E-state index contributed by atoms with van der Waals surface area (Å²) < 4.78 is 26.5. The molecule has 0 aromatic heterocycles. The standard InChI is InChI=1S/C21H22ClN3O4S/c1-15-4-5-16(14-19(15)22)6-11-20(26)23-24-21(27)17-7-9-18(10-8-17)30(28,29)25-12-2-3-13-25/h4-11,14H,2-3,12-13H2,1H3,(H,23,26)(H,24,27)/b11-6+. The first-order valence-electron chi connectivity index (χ1n) is 9.42. The molecule has 158 valence electrons. The zero-order valence-corrected chi connectivity index (χ0v) is 18.0. The second-order valence-electron chi connectivity index (χ2n) is 6.92. The van der Waals surface area contributed by atoms with Crippen molar-refractivity contribution in [3.05, 3.63) is 70.3 Å². The Bertz CT molecular complexity index is 1080. The Morgan fingerprint density at radius 1 is 1.03 bits per heavy atom. The van der Waals surface area contributed by atoms with Gasteiger partial charge in [0.1, 0.15) is 0 Å². The monoisotopic (exact) mass is 447 g/mol. The zero-order chi connectivity index (χ0) is 21.7. The number of benzene rings is 2. The molecule has 0 unspecified atom stereocenters. The minimum absolute atomic E-state index is 0.143. The highest BCUT2D eigenvalue weighted by atomic mass is 35.5. The van der Waals surface area contributed by atoms with Crippen molar-refractivity contribution in [2.24, 2.45) is 0 Å². The molecule has 7 nitrogen and oxygen atoms in total. The van der Waals surface area contributed by atoms with Gasteiger partial charge in [-0.1, -0.05) is 23.7 Å².